The van der Waals surface area contributed by atoms with Gasteiger partial charge < -0.3 is 4.74 Å². The summed E-state index contributed by atoms with van der Waals surface area (Å²) in [4.78, 5) is 29.6. The molecule has 0 aliphatic carbocycles. The summed E-state index contributed by atoms with van der Waals surface area (Å²) in [7, 11) is 1.25. The molecule has 0 spiro atoms. The van der Waals surface area contributed by atoms with Gasteiger partial charge in [0.2, 0.25) is 0 Å². The largest absolute Gasteiger partial charge is 0.469 e. The second kappa shape index (κ2) is 9.73. The van der Waals surface area contributed by atoms with Gasteiger partial charge in [-0.15, -0.1) is 11.6 Å². The minimum absolute atomic E-state index is 0.0307. The first-order chi connectivity index (χ1) is 14.4. The molecule has 156 valence electrons. The van der Waals surface area contributed by atoms with Crippen molar-refractivity contribution in [2.75, 3.05) is 13.0 Å². The Labute approximate surface area is 181 Å². The third-order valence-corrected chi connectivity index (χ3v) is 4.93. The zero-order valence-corrected chi connectivity index (χ0v) is 17.5. The van der Waals surface area contributed by atoms with Gasteiger partial charge in [0.15, 0.2) is 0 Å². The standard InChI is InChI=1S/C21H18Cl2FN3O3/c1-30-19(28)10-16-20(17(11-22)25-12-13-5-3-2-4-6-13)21(29)27(26-16)18-8-7-14(24)9-15(18)23/h2-9,26H,10-12H2,1H3. The molecule has 3 aromatic rings. The number of hydrogen-bond donors (Lipinski definition) is 1. The lowest BCUT2D eigenvalue weighted by Gasteiger charge is -2.04. The van der Waals surface area contributed by atoms with Gasteiger partial charge in [-0.25, -0.2) is 9.07 Å². The summed E-state index contributed by atoms with van der Waals surface area (Å²) in [6, 6.07) is 13.1. The van der Waals surface area contributed by atoms with E-state index in [1.54, 1.807) is 0 Å². The molecular formula is C21H18Cl2FN3O3. The summed E-state index contributed by atoms with van der Waals surface area (Å²) in [5.41, 5.74) is 1.42. The number of aromatic amines is 1. The molecule has 0 saturated carbocycles. The van der Waals surface area contributed by atoms with Crippen LogP contribution < -0.4 is 5.56 Å². The maximum absolute atomic E-state index is 13.4. The maximum atomic E-state index is 13.4. The van der Waals surface area contributed by atoms with Crippen molar-refractivity contribution in [3.63, 3.8) is 0 Å². The summed E-state index contributed by atoms with van der Waals surface area (Å²) in [5.74, 6) is -1.14. The van der Waals surface area contributed by atoms with Crippen molar-refractivity contribution in [2.45, 2.75) is 13.0 Å². The average Bonchev–Trinajstić information content (AvgIpc) is 3.05. The number of esters is 1. The highest BCUT2D eigenvalue weighted by atomic mass is 35.5. The summed E-state index contributed by atoms with van der Waals surface area (Å²) < 4.78 is 19.3. The minimum atomic E-state index is -0.549. The fraction of sp³-hybridized carbons (Fsp3) is 0.190. The Morgan fingerprint density at radius 1 is 1.23 bits per heavy atom. The van der Waals surface area contributed by atoms with Crippen molar-refractivity contribution in [3.05, 3.63) is 86.5 Å². The lowest BCUT2D eigenvalue weighted by atomic mass is 10.1. The monoisotopic (exact) mass is 449 g/mol. The van der Waals surface area contributed by atoms with Gasteiger partial charge in [0, 0.05) is 0 Å². The van der Waals surface area contributed by atoms with Gasteiger partial charge in [0.1, 0.15) is 5.82 Å². The second-order valence-corrected chi connectivity index (χ2v) is 7.01. The average molecular weight is 450 g/mol. The van der Waals surface area contributed by atoms with Crippen molar-refractivity contribution < 1.29 is 13.9 Å². The van der Waals surface area contributed by atoms with Crippen LogP contribution in [0.2, 0.25) is 5.02 Å². The molecule has 0 fully saturated rings. The Balaban J connectivity index is 2.11. The van der Waals surface area contributed by atoms with Crippen LogP contribution >= 0.6 is 23.2 Å². The number of aromatic nitrogens is 2. The van der Waals surface area contributed by atoms with Crippen molar-refractivity contribution in [1.29, 1.82) is 0 Å². The lowest BCUT2D eigenvalue weighted by Crippen LogP contribution is -2.22. The van der Waals surface area contributed by atoms with E-state index in [-0.39, 0.29) is 34.3 Å². The van der Waals surface area contributed by atoms with Crippen molar-refractivity contribution in [2.24, 2.45) is 4.99 Å². The van der Waals surface area contributed by atoms with E-state index in [0.29, 0.717) is 12.3 Å². The number of H-pyrrole nitrogens is 1. The van der Waals surface area contributed by atoms with Crippen molar-refractivity contribution in [1.82, 2.24) is 9.78 Å². The number of halogens is 3. The quantitative estimate of drug-likeness (QED) is 0.337. The maximum Gasteiger partial charge on any atom is 0.311 e. The number of rotatable bonds is 7. The molecule has 9 heteroatoms. The molecule has 0 unspecified atom stereocenters. The van der Waals surface area contributed by atoms with Crippen LogP contribution in [-0.4, -0.2) is 34.5 Å². The van der Waals surface area contributed by atoms with Crippen LogP contribution in [0.15, 0.2) is 58.3 Å². The van der Waals surface area contributed by atoms with Gasteiger partial charge in [0.25, 0.3) is 5.56 Å². The number of alkyl halides is 1. The lowest BCUT2D eigenvalue weighted by molar-refractivity contribution is -0.139. The normalized spacial score (nSPS) is 11.5. The Morgan fingerprint density at radius 2 is 1.97 bits per heavy atom. The van der Waals surface area contributed by atoms with E-state index in [1.165, 1.54) is 19.2 Å². The predicted molar refractivity (Wildman–Crippen MR) is 114 cm³/mol. The van der Waals surface area contributed by atoms with E-state index in [2.05, 4.69) is 10.1 Å². The van der Waals surface area contributed by atoms with Gasteiger partial charge >= 0.3 is 5.97 Å². The van der Waals surface area contributed by atoms with Crippen LogP contribution in [0.5, 0.6) is 0 Å². The number of methoxy groups -OCH3 is 1. The van der Waals surface area contributed by atoms with E-state index in [9.17, 15) is 14.0 Å². The summed E-state index contributed by atoms with van der Waals surface area (Å²) in [5, 5.41) is 2.89. The molecule has 0 atom stereocenters. The minimum Gasteiger partial charge on any atom is -0.469 e. The first kappa shape index (κ1) is 21.8. The predicted octanol–water partition coefficient (Wildman–Crippen LogP) is 3.90. The molecule has 0 aliphatic rings. The van der Waals surface area contributed by atoms with Crippen LogP contribution in [0.4, 0.5) is 4.39 Å². The molecule has 1 aromatic heterocycles. The molecule has 0 saturated heterocycles. The molecule has 0 aliphatic heterocycles. The number of carbonyl (C=O) groups is 1. The second-order valence-electron chi connectivity index (χ2n) is 6.34. The van der Waals surface area contributed by atoms with Gasteiger partial charge in [-0.05, 0) is 23.8 Å². The Morgan fingerprint density at radius 3 is 2.60 bits per heavy atom. The van der Waals surface area contributed by atoms with Crippen LogP contribution in [0.1, 0.15) is 16.8 Å². The highest BCUT2D eigenvalue weighted by Crippen LogP contribution is 2.21. The van der Waals surface area contributed by atoms with Gasteiger partial charge in [-0.3, -0.25) is 19.7 Å². The van der Waals surface area contributed by atoms with E-state index in [1.807, 2.05) is 30.3 Å². The van der Waals surface area contributed by atoms with Crippen LogP contribution in [0.3, 0.4) is 0 Å². The Kier molecular flexibility index (Phi) is 7.07. The number of nitrogens with one attached hydrogen (secondary N) is 1. The molecule has 30 heavy (non-hydrogen) atoms. The van der Waals surface area contributed by atoms with Crippen LogP contribution in [0.25, 0.3) is 5.69 Å². The molecule has 0 radical (unpaired) electrons. The molecule has 0 amide bonds. The topological polar surface area (TPSA) is 76.5 Å². The van der Waals surface area contributed by atoms with E-state index < -0.39 is 17.3 Å². The molecule has 6 nitrogen and oxygen atoms in total. The molecule has 2 aromatic carbocycles. The van der Waals surface area contributed by atoms with Gasteiger partial charge in [0.05, 0.1) is 53.6 Å². The fourth-order valence-corrected chi connectivity index (χ4v) is 3.38. The summed E-state index contributed by atoms with van der Waals surface area (Å²) in [6.07, 6.45) is -0.200. The number of ether oxygens (including phenoxy) is 1. The van der Waals surface area contributed by atoms with E-state index in [4.69, 9.17) is 27.9 Å². The number of nitrogens with zero attached hydrogens (tertiary/aromatic N) is 2. The molecule has 1 heterocycles. The molecular weight excluding hydrogens is 432 g/mol. The third kappa shape index (κ3) is 4.80. The summed E-state index contributed by atoms with van der Waals surface area (Å²) in [6.45, 7) is 0.308. The first-order valence-corrected chi connectivity index (χ1v) is 9.85. The highest BCUT2D eigenvalue weighted by molar-refractivity contribution is 6.32. The number of carbonyl (C=O) groups excluding carboxylic acids is 1. The SMILES string of the molecule is COC(=O)Cc1[nH]n(-c2ccc(F)cc2Cl)c(=O)c1C(CCl)=NCc1ccccc1. The van der Waals surface area contributed by atoms with Crippen molar-refractivity contribution >= 4 is 34.9 Å². The Bertz CT molecular complexity index is 1140. The van der Waals surface area contributed by atoms with Crippen LogP contribution in [0, 0.1) is 5.82 Å². The zero-order valence-electron chi connectivity index (χ0n) is 16.0. The number of benzene rings is 2. The van der Waals surface area contributed by atoms with Gasteiger partial charge in [-0.2, -0.15) is 0 Å². The first-order valence-electron chi connectivity index (χ1n) is 8.94. The molecule has 0 bridgehead atoms. The number of aliphatic imine (C=N–C) groups is 1. The third-order valence-electron chi connectivity index (χ3n) is 4.38. The van der Waals surface area contributed by atoms with E-state index in [0.717, 1.165) is 16.3 Å². The van der Waals surface area contributed by atoms with Crippen molar-refractivity contribution in [3.8, 4) is 5.69 Å². The number of hydrogen-bond acceptors (Lipinski definition) is 4. The molecule has 1 N–H and O–H groups in total. The summed E-state index contributed by atoms with van der Waals surface area (Å²) >= 11 is 12.2. The van der Waals surface area contributed by atoms with Crippen LogP contribution in [-0.2, 0) is 22.5 Å². The smallest absolute Gasteiger partial charge is 0.311 e. The zero-order chi connectivity index (χ0) is 21.7. The highest BCUT2D eigenvalue weighted by Gasteiger charge is 2.23. The fourth-order valence-electron chi connectivity index (χ4n) is 2.92. The molecule has 3 rings (SSSR count). The van der Waals surface area contributed by atoms with Gasteiger partial charge in [-0.1, -0.05) is 41.9 Å². The Hall–Kier alpha value is -2.90. The van der Waals surface area contributed by atoms with E-state index >= 15 is 0 Å².